The van der Waals surface area contributed by atoms with Crippen LogP contribution in [0, 0.1) is 13.8 Å². The van der Waals surface area contributed by atoms with Gasteiger partial charge < -0.3 is 9.88 Å². The van der Waals surface area contributed by atoms with E-state index in [1.165, 1.54) is 18.3 Å². The van der Waals surface area contributed by atoms with Crippen LogP contribution in [-0.4, -0.2) is 52.4 Å². The number of amides is 1. The smallest absolute Gasteiger partial charge is 0.259 e. The lowest BCUT2D eigenvalue weighted by Gasteiger charge is -2.05. The number of carbonyl (C=O) groups excluding carboxylic acids is 2. The van der Waals surface area contributed by atoms with E-state index in [1.807, 2.05) is 14.1 Å². The molecule has 8 heteroatoms. The van der Waals surface area contributed by atoms with Gasteiger partial charge in [-0.3, -0.25) is 14.9 Å². The number of likely N-dealkylation sites (N-methyl/N-ethyl adjacent to an activating group) is 1. The van der Waals surface area contributed by atoms with Crippen molar-refractivity contribution in [2.45, 2.75) is 27.2 Å². The fourth-order valence-electron chi connectivity index (χ4n) is 2.33. The summed E-state index contributed by atoms with van der Waals surface area (Å²) in [6, 6.07) is 0. The zero-order valence-electron chi connectivity index (χ0n) is 14.0. The fourth-order valence-corrected chi connectivity index (χ4v) is 3.05. The molecule has 1 amide bonds. The number of rotatable bonds is 6. The van der Waals surface area contributed by atoms with Gasteiger partial charge >= 0.3 is 0 Å². The number of anilines is 1. The molecule has 0 saturated heterocycles. The van der Waals surface area contributed by atoms with Crippen molar-refractivity contribution >= 4 is 28.2 Å². The van der Waals surface area contributed by atoms with E-state index in [-0.39, 0.29) is 11.7 Å². The Kier molecular flexibility index (Phi) is 5.27. The zero-order valence-corrected chi connectivity index (χ0v) is 14.8. The average Bonchev–Trinajstić information content (AvgIpc) is 3.01. The van der Waals surface area contributed by atoms with E-state index in [2.05, 4.69) is 25.4 Å². The van der Waals surface area contributed by atoms with Crippen LogP contribution in [0.15, 0.2) is 0 Å². The Balaban J connectivity index is 2.12. The molecule has 0 saturated carbocycles. The number of H-pyrrole nitrogens is 1. The molecule has 0 aliphatic rings. The number of nitrogens with one attached hydrogen (secondary N) is 2. The Morgan fingerprint density at radius 3 is 2.52 bits per heavy atom. The Morgan fingerprint density at radius 2 is 1.96 bits per heavy atom. The third kappa shape index (κ3) is 4.02. The summed E-state index contributed by atoms with van der Waals surface area (Å²) in [6.45, 7) is 5.89. The largest absolute Gasteiger partial charge is 0.355 e. The maximum Gasteiger partial charge on any atom is 0.259 e. The van der Waals surface area contributed by atoms with Crippen LogP contribution in [0.2, 0.25) is 0 Å². The summed E-state index contributed by atoms with van der Waals surface area (Å²) < 4.78 is 0. The Hall–Kier alpha value is -2.06. The molecule has 124 valence electrons. The predicted molar refractivity (Wildman–Crippen MR) is 90.4 cm³/mol. The molecule has 0 spiro atoms. The lowest BCUT2D eigenvalue weighted by molar-refractivity contribution is 0.101. The first kappa shape index (κ1) is 17.3. The second-order valence-electron chi connectivity index (χ2n) is 5.69. The van der Waals surface area contributed by atoms with Gasteiger partial charge in [0.1, 0.15) is 5.01 Å². The number of aryl methyl sites for hydroxylation is 1. The summed E-state index contributed by atoms with van der Waals surface area (Å²) in [5, 5.41) is 12.2. The number of Topliss-reactive ketones (excluding diaryl/α,β-unsaturated/α-hetero) is 1. The van der Waals surface area contributed by atoms with E-state index >= 15 is 0 Å². The first-order valence-corrected chi connectivity index (χ1v) is 8.09. The summed E-state index contributed by atoms with van der Waals surface area (Å²) in [7, 11) is 3.99. The molecule has 0 radical (unpaired) electrons. The quantitative estimate of drug-likeness (QED) is 0.788. The van der Waals surface area contributed by atoms with Gasteiger partial charge in [-0.05, 0) is 33.5 Å². The maximum atomic E-state index is 12.5. The van der Waals surface area contributed by atoms with Crippen LogP contribution in [-0.2, 0) is 6.42 Å². The van der Waals surface area contributed by atoms with Crippen molar-refractivity contribution in [3.63, 3.8) is 0 Å². The van der Waals surface area contributed by atoms with Gasteiger partial charge in [-0.25, -0.2) is 0 Å². The molecule has 0 aliphatic carbocycles. The Morgan fingerprint density at radius 1 is 1.26 bits per heavy atom. The molecule has 2 aromatic rings. The minimum Gasteiger partial charge on any atom is -0.355 e. The van der Waals surface area contributed by atoms with Gasteiger partial charge in [0, 0.05) is 25.6 Å². The normalized spacial score (nSPS) is 11.0. The summed E-state index contributed by atoms with van der Waals surface area (Å²) in [6.07, 6.45) is 0.789. The summed E-state index contributed by atoms with van der Waals surface area (Å²) >= 11 is 1.36. The molecule has 2 N–H and O–H groups in total. The molecule has 23 heavy (non-hydrogen) atoms. The first-order valence-electron chi connectivity index (χ1n) is 7.28. The van der Waals surface area contributed by atoms with E-state index < -0.39 is 0 Å². The van der Waals surface area contributed by atoms with Crippen LogP contribution in [0.1, 0.15) is 44.0 Å². The highest BCUT2D eigenvalue weighted by Crippen LogP contribution is 2.21. The van der Waals surface area contributed by atoms with Gasteiger partial charge in [0.05, 0.1) is 11.3 Å². The third-order valence-corrected chi connectivity index (χ3v) is 4.38. The van der Waals surface area contributed by atoms with Gasteiger partial charge in [0.2, 0.25) is 5.13 Å². The van der Waals surface area contributed by atoms with Crippen molar-refractivity contribution in [1.29, 1.82) is 0 Å². The molecule has 0 bridgehead atoms. The standard InChI is InChI=1S/C15H21N5O2S/c1-8-12(9(2)16-13(8)10(3)21)14(22)17-15-19-18-11(23-15)6-7-20(4)5/h16H,6-7H2,1-5H3,(H,17,19,22). The van der Waals surface area contributed by atoms with Crippen LogP contribution in [0.5, 0.6) is 0 Å². The highest BCUT2D eigenvalue weighted by molar-refractivity contribution is 7.15. The number of hydrogen-bond donors (Lipinski definition) is 2. The van der Waals surface area contributed by atoms with Crippen molar-refractivity contribution < 1.29 is 9.59 Å². The van der Waals surface area contributed by atoms with Crippen LogP contribution in [0.3, 0.4) is 0 Å². The molecule has 0 atom stereocenters. The second-order valence-corrected chi connectivity index (χ2v) is 6.75. The van der Waals surface area contributed by atoms with Gasteiger partial charge in [-0.15, -0.1) is 10.2 Å². The van der Waals surface area contributed by atoms with Crippen LogP contribution in [0.25, 0.3) is 0 Å². The predicted octanol–water partition coefficient (Wildman–Crippen LogP) is 2.04. The van der Waals surface area contributed by atoms with E-state index in [0.717, 1.165) is 18.0 Å². The number of hydrogen-bond acceptors (Lipinski definition) is 6. The molecular formula is C15H21N5O2S. The molecule has 7 nitrogen and oxygen atoms in total. The minimum absolute atomic E-state index is 0.0912. The molecule has 2 rings (SSSR count). The van der Waals surface area contributed by atoms with E-state index in [0.29, 0.717) is 27.6 Å². The molecule has 0 aromatic carbocycles. The molecule has 2 aromatic heterocycles. The highest BCUT2D eigenvalue weighted by atomic mass is 32.1. The van der Waals surface area contributed by atoms with Crippen molar-refractivity contribution in [1.82, 2.24) is 20.1 Å². The van der Waals surface area contributed by atoms with Gasteiger partial charge in [0.25, 0.3) is 5.91 Å². The van der Waals surface area contributed by atoms with Crippen molar-refractivity contribution in [2.24, 2.45) is 0 Å². The number of aromatic nitrogens is 3. The average molecular weight is 335 g/mol. The molecule has 0 fully saturated rings. The number of carbonyl (C=O) groups is 2. The second kappa shape index (κ2) is 7.01. The first-order chi connectivity index (χ1) is 10.8. The summed E-state index contributed by atoms with van der Waals surface area (Å²) in [5.74, 6) is -0.370. The monoisotopic (exact) mass is 335 g/mol. The molecule has 2 heterocycles. The van der Waals surface area contributed by atoms with Crippen molar-refractivity contribution in [3.05, 3.63) is 27.5 Å². The van der Waals surface area contributed by atoms with E-state index in [9.17, 15) is 9.59 Å². The summed E-state index contributed by atoms with van der Waals surface area (Å²) in [4.78, 5) is 29.0. The third-order valence-electron chi connectivity index (χ3n) is 3.48. The zero-order chi connectivity index (χ0) is 17.1. The molecule has 0 aliphatic heterocycles. The SMILES string of the molecule is CC(=O)c1[nH]c(C)c(C(=O)Nc2nnc(CCN(C)C)s2)c1C. The lowest BCUT2D eigenvalue weighted by atomic mass is 10.1. The van der Waals surface area contributed by atoms with Crippen LogP contribution >= 0.6 is 11.3 Å². The van der Waals surface area contributed by atoms with Crippen molar-refractivity contribution in [3.8, 4) is 0 Å². The highest BCUT2D eigenvalue weighted by Gasteiger charge is 2.21. The fraction of sp³-hybridized carbons (Fsp3) is 0.467. The molecular weight excluding hydrogens is 314 g/mol. The summed E-state index contributed by atoms with van der Waals surface area (Å²) in [5.41, 5.74) is 2.28. The van der Waals surface area contributed by atoms with E-state index in [4.69, 9.17) is 0 Å². The Bertz CT molecular complexity index is 732. The topological polar surface area (TPSA) is 91.0 Å². The number of nitrogens with zero attached hydrogens (tertiary/aromatic N) is 3. The van der Waals surface area contributed by atoms with Crippen molar-refractivity contribution in [2.75, 3.05) is 26.0 Å². The Labute approximate surface area is 139 Å². The maximum absolute atomic E-state index is 12.5. The van der Waals surface area contributed by atoms with Crippen LogP contribution < -0.4 is 5.32 Å². The van der Waals surface area contributed by atoms with Gasteiger partial charge in [0.15, 0.2) is 5.78 Å². The van der Waals surface area contributed by atoms with Crippen LogP contribution in [0.4, 0.5) is 5.13 Å². The number of aromatic amines is 1. The molecule has 0 unspecified atom stereocenters. The van der Waals surface area contributed by atoms with Gasteiger partial charge in [-0.2, -0.15) is 0 Å². The van der Waals surface area contributed by atoms with E-state index in [1.54, 1.807) is 13.8 Å². The number of ketones is 1. The van der Waals surface area contributed by atoms with Gasteiger partial charge in [-0.1, -0.05) is 11.3 Å². The minimum atomic E-state index is -0.279. The lowest BCUT2D eigenvalue weighted by Crippen LogP contribution is -2.14.